The molecule has 8 heteroatoms. The van der Waals surface area contributed by atoms with Gasteiger partial charge in [0, 0.05) is 5.38 Å². The Labute approximate surface area is 107 Å². The summed E-state index contributed by atoms with van der Waals surface area (Å²) in [5.41, 5.74) is 1.71. The molecule has 0 saturated carbocycles. The molecule has 1 heterocycles. The number of anilines is 1. The molecule has 0 saturated heterocycles. The van der Waals surface area contributed by atoms with Gasteiger partial charge in [0.15, 0.2) is 0 Å². The Bertz CT molecular complexity index is 427. The lowest BCUT2D eigenvalue weighted by Crippen LogP contribution is -2.25. The Hall–Kier alpha value is -1.34. The van der Waals surface area contributed by atoms with E-state index >= 15 is 0 Å². The van der Waals surface area contributed by atoms with Gasteiger partial charge in [0.05, 0.1) is 0 Å². The van der Waals surface area contributed by atoms with Gasteiger partial charge in [-0.1, -0.05) is 0 Å². The summed E-state index contributed by atoms with van der Waals surface area (Å²) >= 11 is 6.29. The predicted octanol–water partition coefficient (Wildman–Crippen LogP) is 2.80. The van der Waals surface area contributed by atoms with Gasteiger partial charge in [-0.2, -0.15) is 5.48 Å². The smallest absolute Gasteiger partial charge is 0.427 e. The first-order chi connectivity index (χ1) is 7.78. The van der Waals surface area contributed by atoms with Crippen molar-refractivity contribution < 1.29 is 19.2 Å². The van der Waals surface area contributed by atoms with Gasteiger partial charge in [0.25, 0.3) is 5.24 Å². The summed E-state index contributed by atoms with van der Waals surface area (Å²) in [6.07, 6.45) is -0.883. The van der Waals surface area contributed by atoms with Crippen molar-refractivity contribution in [2.45, 2.75) is 26.4 Å². The van der Waals surface area contributed by atoms with E-state index in [4.69, 9.17) is 16.3 Å². The van der Waals surface area contributed by atoms with Gasteiger partial charge in [-0.3, -0.25) is 4.79 Å². The molecule has 0 aromatic carbocycles. The Morgan fingerprint density at radius 2 is 2.12 bits per heavy atom. The quantitative estimate of drug-likeness (QED) is 0.520. The first-order valence-corrected chi connectivity index (χ1v) is 5.85. The van der Waals surface area contributed by atoms with Crippen LogP contribution in [0.2, 0.25) is 0 Å². The number of rotatable bonds is 3. The van der Waals surface area contributed by atoms with Crippen LogP contribution in [0.3, 0.4) is 0 Å². The van der Waals surface area contributed by atoms with Crippen molar-refractivity contribution in [1.29, 1.82) is 0 Å². The van der Waals surface area contributed by atoms with Crippen molar-refractivity contribution in [2.24, 2.45) is 0 Å². The zero-order chi connectivity index (χ0) is 13.1. The third kappa shape index (κ3) is 5.01. The average molecular weight is 279 g/mol. The lowest BCUT2D eigenvalue weighted by molar-refractivity contribution is 0.00298. The molecule has 0 aliphatic rings. The lowest BCUT2D eigenvalue weighted by Gasteiger charge is -2.18. The lowest BCUT2D eigenvalue weighted by atomic mass is 10.2. The Kier molecular flexibility index (Phi) is 4.30. The summed E-state index contributed by atoms with van der Waals surface area (Å²) in [6.45, 7) is 5.13. The van der Waals surface area contributed by atoms with E-state index in [-0.39, 0.29) is 10.8 Å². The van der Waals surface area contributed by atoms with Gasteiger partial charge in [0.2, 0.25) is 5.13 Å². The number of carbonyl (C=O) groups excluding carboxylic acids is 2. The Morgan fingerprint density at radius 3 is 2.59 bits per heavy atom. The fourth-order valence-corrected chi connectivity index (χ4v) is 1.55. The predicted molar refractivity (Wildman–Crippen MR) is 63.2 cm³/mol. The van der Waals surface area contributed by atoms with Crippen LogP contribution in [0.1, 0.15) is 31.3 Å². The first-order valence-electron chi connectivity index (χ1n) is 4.59. The van der Waals surface area contributed by atoms with Crippen LogP contribution in [-0.4, -0.2) is 22.0 Å². The number of hydrogen-bond acceptors (Lipinski definition) is 7. The summed E-state index contributed by atoms with van der Waals surface area (Å²) in [6, 6.07) is 0. The van der Waals surface area contributed by atoms with Crippen molar-refractivity contribution in [2.75, 3.05) is 5.48 Å². The van der Waals surface area contributed by atoms with Crippen LogP contribution in [0, 0.1) is 0 Å². The summed E-state index contributed by atoms with van der Waals surface area (Å²) in [7, 11) is 0. The van der Waals surface area contributed by atoms with Gasteiger partial charge >= 0.3 is 6.16 Å². The number of halogens is 1. The van der Waals surface area contributed by atoms with Crippen molar-refractivity contribution >= 4 is 39.5 Å². The van der Waals surface area contributed by atoms with Crippen molar-refractivity contribution in [1.82, 2.24) is 4.98 Å². The second-order valence-corrected chi connectivity index (χ2v) is 5.18. The number of thiazole rings is 1. The minimum absolute atomic E-state index is 0.0898. The maximum absolute atomic E-state index is 11.1. The van der Waals surface area contributed by atoms with E-state index in [2.05, 4.69) is 15.3 Å². The third-order valence-electron chi connectivity index (χ3n) is 1.32. The van der Waals surface area contributed by atoms with E-state index in [1.165, 1.54) is 5.38 Å². The van der Waals surface area contributed by atoms with Gasteiger partial charge in [-0.15, -0.1) is 11.3 Å². The van der Waals surface area contributed by atoms with Crippen LogP contribution < -0.4 is 5.48 Å². The minimum Gasteiger partial charge on any atom is -0.427 e. The molecular formula is C9H11ClN2O4S. The average Bonchev–Trinajstić information content (AvgIpc) is 2.60. The van der Waals surface area contributed by atoms with Crippen molar-refractivity contribution in [3.05, 3.63) is 11.1 Å². The van der Waals surface area contributed by atoms with Crippen molar-refractivity contribution in [3.8, 4) is 0 Å². The molecular weight excluding hydrogens is 268 g/mol. The van der Waals surface area contributed by atoms with E-state index in [0.29, 0.717) is 0 Å². The highest BCUT2D eigenvalue weighted by atomic mass is 35.5. The normalized spacial score (nSPS) is 10.8. The standard InChI is InChI=1S/C9H11ClN2O4S/c1-9(2,3)15-8(14)16-12-7-11-5(4-17-7)6(10)13/h4H,1-3H3,(H,11,12). The number of aromatic nitrogens is 1. The van der Waals surface area contributed by atoms with Crippen LogP contribution in [0.5, 0.6) is 0 Å². The molecule has 0 spiro atoms. The molecule has 0 atom stereocenters. The van der Waals surface area contributed by atoms with Gasteiger partial charge < -0.3 is 9.57 Å². The van der Waals surface area contributed by atoms with E-state index < -0.39 is 17.0 Å². The topological polar surface area (TPSA) is 77.5 Å². The highest BCUT2D eigenvalue weighted by Gasteiger charge is 2.18. The highest BCUT2D eigenvalue weighted by Crippen LogP contribution is 2.17. The molecule has 6 nitrogen and oxygen atoms in total. The Morgan fingerprint density at radius 1 is 1.47 bits per heavy atom. The second-order valence-electron chi connectivity index (χ2n) is 3.98. The van der Waals surface area contributed by atoms with Crippen LogP contribution in [0.4, 0.5) is 9.93 Å². The summed E-state index contributed by atoms with van der Waals surface area (Å²) < 4.78 is 4.87. The SMILES string of the molecule is CC(C)(C)OC(=O)ONc1nc(C(=O)Cl)cs1. The molecule has 0 bridgehead atoms. The summed E-state index contributed by atoms with van der Waals surface area (Å²) in [5, 5.41) is 1.00. The van der Waals surface area contributed by atoms with Crippen molar-refractivity contribution in [3.63, 3.8) is 0 Å². The van der Waals surface area contributed by atoms with E-state index in [9.17, 15) is 9.59 Å². The number of nitrogens with one attached hydrogen (secondary N) is 1. The zero-order valence-corrected chi connectivity index (χ0v) is 11.0. The largest absolute Gasteiger partial charge is 0.533 e. The van der Waals surface area contributed by atoms with Crippen LogP contribution in [-0.2, 0) is 9.57 Å². The fourth-order valence-electron chi connectivity index (χ4n) is 0.767. The monoisotopic (exact) mass is 278 g/mol. The molecule has 1 rings (SSSR count). The number of ether oxygens (including phenoxy) is 1. The molecule has 0 amide bonds. The van der Waals surface area contributed by atoms with Gasteiger partial charge in [-0.05, 0) is 32.4 Å². The van der Waals surface area contributed by atoms with Gasteiger partial charge in [-0.25, -0.2) is 9.78 Å². The molecule has 0 unspecified atom stereocenters. The highest BCUT2D eigenvalue weighted by molar-refractivity contribution is 7.14. The first kappa shape index (κ1) is 13.7. The molecule has 94 valence electrons. The molecule has 1 aromatic heterocycles. The van der Waals surface area contributed by atoms with Crippen LogP contribution in [0.25, 0.3) is 0 Å². The fraction of sp³-hybridized carbons (Fsp3) is 0.444. The molecule has 0 aliphatic heterocycles. The van der Waals surface area contributed by atoms with E-state index in [1.54, 1.807) is 20.8 Å². The maximum Gasteiger partial charge on any atom is 0.533 e. The molecule has 0 aliphatic carbocycles. The minimum atomic E-state index is -0.883. The second kappa shape index (κ2) is 5.33. The van der Waals surface area contributed by atoms with E-state index in [0.717, 1.165) is 11.3 Å². The molecule has 0 fully saturated rings. The molecule has 1 aromatic rings. The molecule has 1 N–H and O–H groups in total. The van der Waals surface area contributed by atoms with Crippen LogP contribution in [0.15, 0.2) is 5.38 Å². The number of nitrogens with zero attached hydrogens (tertiary/aromatic N) is 1. The molecule has 17 heavy (non-hydrogen) atoms. The van der Waals surface area contributed by atoms with E-state index in [1.807, 2.05) is 0 Å². The number of carbonyl (C=O) groups is 2. The Balaban J connectivity index is 2.45. The zero-order valence-electron chi connectivity index (χ0n) is 9.44. The maximum atomic E-state index is 11.1. The van der Waals surface area contributed by atoms with Gasteiger partial charge in [0.1, 0.15) is 11.3 Å². The summed E-state index contributed by atoms with van der Waals surface area (Å²) in [4.78, 5) is 30.2. The molecule has 0 radical (unpaired) electrons. The third-order valence-corrected chi connectivity index (χ3v) is 2.25. The summed E-state index contributed by atoms with van der Waals surface area (Å²) in [5.74, 6) is 0. The number of hydrogen-bond donors (Lipinski definition) is 1. The van der Waals surface area contributed by atoms with Crippen LogP contribution >= 0.6 is 22.9 Å².